The molecule has 0 amide bonds. The van der Waals surface area contributed by atoms with E-state index < -0.39 is 0 Å². The van der Waals surface area contributed by atoms with Gasteiger partial charge in [0.05, 0.1) is 20.8 Å². The monoisotopic (exact) mass is 762 g/mol. The molecule has 2 aromatic carbocycles. The number of methoxy groups -OCH3 is 2. The van der Waals surface area contributed by atoms with E-state index in [9.17, 15) is 9.59 Å². The normalized spacial score (nSPS) is 37.1. The molecule has 5 aliphatic rings. The number of ether oxygens (including phenoxy) is 4. The molecule has 0 heterocycles. The molecule has 5 fully saturated rings. The molecular weight excluding hydrogens is 697 g/mol. The van der Waals surface area contributed by atoms with Crippen molar-refractivity contribution in [2.24, 2.45) is 56.7 Å². The van der Waals surface area contributed by atoms with Crippen LogP contribution in [0.3, 0.4) is 0 Å². The summed E-state index contributed by atoms with van der Waals surface area (Å²) < 4.78 is 23.1. The largest absolute Gasteiger partial charge is 0.497 e. The predicted molar refractivity (Wildman–Crippen MR) is 224 cm³/mol. The Morgan fingerprint density at radius 1 is 0.696 bits per heavy atom. The third-order valence-electron chi connectivity index (χ3n) is 17.0. The highest BCUT2D eigenvalue weighted by Crippen LogP contribution is 2.77. The van der Waals surface area contributed by atoms with Crippen LogP contribution in [0, 0.1) is 56.7 Å². The summed E-state index contributed by atoms with van der Waals surface area (Å²) in [4.78, 5) is 26.4. The van der Waals surface area contributed by atoms with Crippen molar-refractivity contribution in [2.75, 3.05) is 20.8 Å². The van der Waals surface area contributed by atoms with Gasteiger partial charge in [0.15, 0.2) is 0 Å². The molecule has 7 unspecified atom stereocenters. The molecular formula is C50H66O6. The Bertz CT molecular complexity index is 1840. The highest BCUT2D eigenvalue weighted by molar-refractivity contribution is 5.87. The average Bonchev–Trinajstić information content (AvgIpc) is 3.57. The zero-order chi connectivity index (χ0) is 40.1. The summed E-state index contributed by atoms with van der Waals surface area (Å²) in [6.07, 6.45) is 18.0. The van der Waals surface area contributed by atoms with E-state index in [0.717, 1.165) is 61.2 Å². The minimum Gasteiger partial charge on any atom is -0.497 e. The summed E-state index contributed by atoms with van der Waals surface area (Å²) in [5, 5.41) is 0. The second kappa shape index (κ2) is 15.2. The first-order valence-electron chi connectivity index (χ1n) is 21.3. The maximum Gasteiger partial charge on any atom is 0.331 e. The minimum absolute atomic E-state index is 0.00649. The number of carbonyl (C=O) groups excluding carboxylic acids is 2. The van der Waals surface area contributed by atoms with Crippen LogP contribution in [0.4, 0.5) is 0 Å². The van der Waals surface area contributed by atoms with Crippen molar-refractivity contribution in [1.82, 2.24) is 0 Å². The van der Waals surface area contributed by atoms with Crippen molar-refractivity contribution in [3.8, 4) is 11.5 Å². The maximum atomic E-state index is 13.2. The van der Waals surface area contributed by atoms with Crippen molar-refractivity contribution in [3.05, 3.63) is 84.0 Å². The van der Waals surface area contributed by atoms with E-state index in [1.807, 2.05) is 60.7 Å². The van der Waals surface area contributed by atoms with Crippen molar-refractivity contribution < 1.29 is 28.5 Å². The zero-order valence-electron chi connectivity index (χ0n) is 35.3. The highest BCUT2D eigenvalue weighted by atomic mass is 16.5. The molecule has 0 aliphatic heterocycles. The minimum atomic E-state index is -0.264. The van der Waals surface area contributed by atoms with Crippen molar-refractivity contribution >= 4 is 24.1 Å². The molecule has 6 heteroatoms. The van der Waals surface area contributed by atoms with Crippen molar-refractivity contribution in [1.29, 1.82) is 0 Å². The van der Waals surface area contributed by atoms with Crippen LogP contribution in [0.1, 0.15) is 117 Å². The van der Waals surface area contributed by atoms with Gasteiger partial charge in [-0.25, -0.2) is 9.59 Å². The molecule has 0 aromatic heterocycles. The lowest BCUT2D eigenvalue weighted by Gasteiger charge is -2.73. The summed E-state index contributed by atoms with van der Waals surface area (Å²) in [6, 6.07) is 15.4. The van der Waals surface area contributed by atoms with Crippen LogP contribution in [0.15, 0.2) is 72.8 Å². The van der Waals surface area contributed by atoms with Gasteiger partial charge in [-0.2, -0.15) is 0 Å². The summed E-state index contributed by atoms with van der Waals surface area (Å²) in [5.41, 5.74) is 3.62. The Kier molecular flexibility index (Phi) is 10.9. The molecule has 0 radical (unpaired) electrons. The second-order valence-electron chi connectivity index (χ2n) is 19.7. The molecule has 56 heavy (non-hydrogen) atoms. The molecule has 0 bridgehead atoms. The number of allylic oxidation sites excluding steroid dienone is 1. The van der Waals surface area contributed by atoms with Crippen LogP contribution in [0.25, 0.3) is 12.2 Å². The molecule has 6 nitrogen and oxygen atoms in total. The Hall–Kier alpha value is -3.80. The van der Waals surface area contributed by atoms with E-state index in [1.54, 1.807) is 26.4 Å². The highest BCUT2D eigenvalue weighted by Gasteiger charge is 2.71. The molecule has 0 N–H and O–H groups in total. The Labute approximate surface area is 336 Å². The quantitative estimate of drug-likeness (QED) is 0.136. The van der Waals surface area contributed by atoms with Crippen LogP contribution >= 0.6 is 0 Å². The third-order valence-corrected chi connectivity index (χ3v) is 17.0. The first kappa shape index (κ1) is 40.4. The fourth-order valence-electron chi connectivity index (χ4n) is 13.9. The van der Waals surface area contributed by atoms with Crippen LogP contribution < -0.4 is 9.47 Å². The number of hydrogen-bond donors (Lipinski definition) is 0. The van der Waals surface area contributed by atoms with Crippen molar-refractivity contribution in [2.45, 2.75) is 112 Å². The van der Waals surface area contributed by atoms with E-state index in [4.69, 9.17) is 18.9 Å². The average molecular weight is 763 g/mol. The van der Waals surface area contributed by atoms with Crippen LogP contribution in [-0.2, 0) is 19.1 Å². The van der Waals surface area contributed by atoms with Gasteiger partial charge in [0.2, 0.25) is 0 Å². The Morgan fingerprint density at radius 3 is 1.89 bits per heavy atom. The molecule has 7 rings (SSSR count). The summed E-state index contributed by atoms with van der Waals surface area (Å²) in [6.45, 7) is 19.9. The fourth-order valence-corrected chi connectivity index (χ4v) is 13.9. The number of esters is 2. The van der Waals surface area contributed by atoms with Gasteiger partial charge in [0, 0.05) is 23.0 Å². The van der Waals surface area contributed by atoms with E-state index in [-0.39, 0.29) is 45.1 Å². The Balaban J connectivity index is 1.06. The lowest BCUT2D eigenvalue weighted by atomic mass is 9.32. The van der Waals surface area contributed by atoms with Crippen LogP contribution in [0.2, 0.25) is 0 Å². The smallest absolute Gasteiger partial charge is 0.331 e. The first-order valence-corrected chi connectivity index (χ1v) is 21.3. The van der Waals surface area contributed by atoms with E-state index >= 15 is 0 Å². The van der Waals surface area contributed by atoms with Crippen LogP contribution in [0.5, 0.6) is 11.5 Å². The van der Waals surface area contributed by atoms with Crippen LogP contribution in [-0.4, -0.2) is 38.9 Å². The number of fused-ring (bicyclic) bond motifs is 7. The van der Waals surface area contributed by atoms with Gasteiger partial charge >= 0.3 is 11.9 Å². The van der Waals surface area contributed by atoms with E-state index in [1.165, 1.54) is 31.3 Å². The zero-order valence-corrected chi connectivity index (χ0v) is 35.3. The molecule has 5 saturated carbocycles. The molecule has 302 valence electrons. The van der Waals surface area contributed by atoms with Gasteiger partial charge < -0.3 is 18.9 Å². The number of rotatable bonds is 10. The molecule has 2 aromatic rings. The third kappa shape index (κ3) is 6.85. The second-order valence-corrected chi connectivity index (χ2v) is 19.7. The first-order chi connectivity index (χ1) is 26.6. The van der Waals surface area contributed by atoms with Gasteiger partial charge in [-0.05, 0) is 165 Å². The molecule has 10 atom stereocenters. The lowest BCUT2D eigenvalue weighted by Crippen LogP contribution is -2.67. The Morgan fingerprint density at radius 2 is 1.30 bits per heavy atom. The topological polar surface area (TPSA) is 71.1 Å². The van der Waals surface area contributed by atoms with Gasteiger partial charge in [-0.3, -0.25) is 0 Å². The molecule has 0 saturated heterocycles. The van der Waals surface area contributed by atoms with Gasteiger partial charge in [0.1, 0.15) is 17.6 Å². The van der Waals surface area contributed by atoms with Crippen molar-refractivity contribution in [3.63, 3.8) is 0 Å². The van der Waals surface area contributed by atoms with Gasteiger partial charge in [-0.1, -0.05) is 71.0 Å². The summed E-state index contributed by atoms with van der Waals surface area (Å²) >= 11 is 0. The fraction of sp³-hybridized carbons (Fsp3) is 0.600. The summed E-state index contributed by atoms with van der Waals surface area (Å²) in [5.74, 6) is 3.65. The predicted octanol–water partition coefficient (Wildman–Crippen LogP) is 11.5. The molecule has 0 spiro atoms. The number of benzene rings is 2. The van der Waals surface area contributed by atoms with E-state index in [0.29, 0.717) is 36.2 Å². The standard InChI is InChI=1S/C50H66O6/c1-33(2)38-24-29-50(32-55-43(51)22-14-34-10-16-36(53-8)17-11-34)31-30-48(6)39(45(38)50)20-21-41-47(5)27-26-42(46(3,4)40(47)25-28-49(41,48)7)56-44(52)23-15-35-12-18-37(54-9)19-13-35/h10-19,22-23,38-42,45H,1,20-21,24-32H2,2-9H3/b22-14+,23-15+/t38?,39?,40?,41?,42?,45?,47-,48+,49+,50?/m0/s1. The lowest BCUT2D eigenvalue weighted by molar-refractivity contribution is -0.251. The maximum absolute atomic E-state index is 13.2. The number of carbonyl (C=O) groups is 2. The number of hydrogen-bond acceptors (Lipinski definition) is 6. The SMILES string of the molecule is C=C(C)C1CCC2(COC(=O)/C=C/c3ccc(OC)cc3)CC[C@]3(C)C(CCC4[C@@]5(C)CCC(OC(=O)/C=C/c6ccc(OC)cc6)C(C)(C)C5CC[C@]43C)C12. The summed E-state index contributed by atoms with van der Waals surface area (Å²) in [7, 11) is 3.31. The van der Waals surface area contributed by atoms with Gasteiger partial charge in [-0.15, -0.1) is 0 Å². The van der Waals surface area contributed by atoms with Gasteiger partial charge in [0.25, 0.3) is 0 Å². The molecule has 5 aliphatic carbocycles. The van der Waals surface area contributed by atoms with E-state index in [2.05, 4.69) is 48.1 Å².